The number of carbonyl (C=O) groups excluding carboxylic acids is 1. The van der Waals surface area contributed by atoms with E-state index in [1.54, 1.807) is 18.3 Å². The maximum atomic E-state index is 12.3. The van der Waals surface area contributed by atoms with E-state index in [0.717, 1.165) is 22.9 Å². The first-order valence-electron chi connectivity index (χ1n) is 7.64. The van der Waals surface area contributed by atoms with Gasteiger partial charge in [-0.1, -0.05) is 15.9 Å². The Morgan fingerprint density at radius 1 is 1.23 bits per heavy atom. The summed E-state index contributed by atoms with van der Waals surface area (Å²) in [5, 5.41) is 4.05. The van der Waals surface area contributed by atoms with Gasteiger partial charge in [0.05, 0.1) is 32.1 Å². The molecule has 0 atom stereocenters. The average molecular weight is 643 g/mol. The number of hydrogen-bond acceptors (Lipinski definition) is 4. The largest absolute Gasteiger partial charge is 0.496 e. The molecule has 0 saturated carbocycles. The first kappa shape index (κ1) is 21.4. The van der Waals surface area contributed by atoms with Gasteiger partial charge in [0.25, 0.3) is 5.91 Å². The predicted molar refractivity (Wildman–Crippen MR) is 123 cm³/mol. The summed E-state index contributed by atoms with van der Waals surface area (Å²) >= 11 is 7.81. The Bertz CT molecular complexity index is 818. The smallest absolute Gasteiger partial charge is 0.275 e. The highest BCUT2D eigenvalue weighted by Gasteiger charge is 2.12. The van der Waals surface area contributed by atoms with E-state index < -0.39 is 0 Å². The van der Waals surface area contributed by atoms with Crippen LogP contribution < -0.4 is 14.9 Å². The third kappa shape index (κ3) is 5.81. The van der Waals surface area contributed by atoms with E-state index >= 15 is 0 Å². The molecule has 0 heterocycles. The molecule has 8 heteroatoms. The zero-order valence-corrected chi connectivity index (χ0v) is 20.2. The lowest BCUT2D eigenvalue weighted by Gasteiger charge is -2.14. The minimum absolute atomic E-state index is 0.107. The van der Waals surface area contributed by atoms with Gasteiger partial charge in [-0.15, -0.1) is 0 Å². The van der Waals surface area contributed by atoms with Gasteiger partial charge in [-0.3, -0.25) is 4.79 Å². The van der Waals surface area contributed by atoms with Gasteiger partial charge in [-0.2, -0.15) is 5.10 Å². The molecule has 2 aromatic rings. The molecule has 0 aliphatic rings. The van der Waals surface area contributed by atoms with E-state index in [1.807, 2.05) is 32.0 Å². The van der Waals surface area contributed by atoms with Crippen LogP contribution in [0.3, 0.4) is 0 Å². The van der Waals surface area contributed by atoms with Crippen molar-refractivity contribution >= 4 is 73.2 Å². The molecule has 0 aromatic heterocycles. The quantitative estimate of drug-likeness (QED) is 0.267. The summed E-state index contributed by atoms with van der Waals surface area (Å²) in [4.78, 5) is 12.3. The number of methoxy groups -OCH3 is 1. The fraction of sp³-hybridized carbons (Fsp3) is 0.222. The third-order valence-corrected chi connectivity index (χ3v) is 5.26. The topological polar surface area (TPSA) is 59.9 Å². The normalized spacial score (nSPS) is 11.0. The van der Waals surface area contributed by atoms with Gasteiger partial charge in [0.1, 0.15) is 11.5 Å². The van der Waals surface area contributed by atoms with Crippen LogP contribution in [-0.2, 0) is 0 Å². The number of halogens is 3. The lowest BCUT2D eigenvalue weighted by molar-refractivity contribution is 0.0952. The predicted octanol–water partition coefficient (Wildman–Crippen LogP) is 5.22. The Kier molecular flexibility index (Phi) is 8.14. The molecule has 0 aliphatic heterocycles. The molecule has 26 heavy (non-hydrogen) atoms. The third-order valence-electron chi connectivity index (χ3n) is 3.16. The molecule has 0 saturated heterocycles. The van der Waals surface area contributed by atoms with Crippen molar-refractivity contribution in [2.75, 3.05) is 7.11 Å². The van der Waals surface area contributed by atoms with E-state index in [-0.39, 0.29) is 12.0 Å². The van der Waals surface area contributed by atoms with Crippen molar-refractivity contribution in [3.05, 3.63) is 53.1 Å². The molecule has 2 aromatic carbocycles. The summed E-state index contributed by atoms with van der Waals surface area (Å²) in [6, 6.07) is 9.13. The van der Waals surface area contributed by atoms with E-state index in [4.69, 9.17) is 9.47 Å². The number of ether oxygens (including phenoxy) is 2. The summed E-state index contributed by atoms with van der Waals surface area (Å²) in [6.45, 7) is 3.99. The number of nitrogens with zero attached hydrogens (tertiary/aromatic N) is 1. The van der Waals surface area contributed by atoms with Crippen LogP contribution in [0.1, 0.15) is 29.8 Å². The fourth-order valence-electron chi connectivity index (χ4n) is 2.09. The second-order valence-electron chi connectivity index (χ2n) is 5.52. The number of benzene rings is 2. The van der Waals surface area contributed by atoms with E-state index in [2.05, 4.69) is 71.6 Å². The van der Waals surface area contributed by atoms with Crippen LogP contribution in [0.25, 0.3) is 0 Å². The average Bonchev–Trinajstić information content (AvgIpc) is 2.58. The number of rotatable bonds is 6. The van der Waals surface area contributed by atoms with Gasteiger partial charge < -0.3 is 9.47 Å². The Balaban J connectivity index is 2.13. The van der Waals surface area contributed by atoms with Crippen molar-refractivity contribution in [3.8, 4) is 11.5 Å². The van der Waals surface area contributed by atoms with Gasteiger partial charge in [0.15, 0.2) is 0 Å². The van der Waals surface area contributed by atoms with E-state index in [9.17, 15) is 4.79 Å². The van der Waals surface area contributed by atoms with Crippen LogP contribution in [0, 0.1) is 7.14 Å². The highest BCUT2D eigenvalue weighted by atomic mass is 127. The van der Waals surface area contributed by atoms with E-state index in [0.29, 0.717) is 11.3 Å². The molecule has 0 bridgehead atoms. The molecular weight excluding hydrogens is 626 g/mol. The minimum atomic E-state index is -0.344. The number of hydrazone groups is 1. The molecule has 1 amide bonds. The summed E-state index contributed by atoms with van der Waals surface area (Å²) in [5.41, 5.74) is 3.81. The molecule has 138 valence electrons. The van der Waals surface area contributed by atoms with Crippen LogP contribution in [0.15, 0.2) is 39.9 Å². The fourth-order valence-corrected chi connectivity index (χ4v) is 4.52. The summed E-state index contributed by atoms with van der Waals surface area (Å²) < 4.78 is 13.8. The van der Waals surface area contributed by atoms with Gasteiger partial charge in [0.2, 0.25) is 0 Å². The van der Waals surface area contributed by atoms with Gasteiger partial charge in [-0.05, 0) is 94.9 Å². The Morgan fingerprint density at radius 3 is 2.46 bits per heavy atom. The molecule has 0 unspecified atom stereocenters. The molecule has 2 rings (SSSR count). The van der Waals surface area contributed by atoms with E-state index in [1.165, 1.54) is 7.11 Å². The van der Waals surface area contributed by atoms with Crippen molar-refractivity contribution < 1.29 is 14.3 Å². The second-order valence-corrected chi connectivity index (χ2v) is 8.76. The van der Waals surface area contributed by atoms with Crippen molar-refractivity contribution in [1.82, 2.24) is 5.43 Å². The Hall–Kier alpha value is -0.880. The first-order chi connectivity index (χ1) is 12.3. The molecule has 5 nitrogen and oxygen atoms in total. The van der Waals surface area contributed by atoms with Crippen molar-refractivity contribution in [3.63, 3.8) is 0 Å². The summed E-state index contributed by atoms with van der Waals surface area (Å²) in [6.07, 6.45) is 1.71. The molecule has 0 aliphatic carbocycles. The lowest BCUT2D eigenvalue weighted by Crippen LogP contribution is -2.18. The molecule has 0 fully saturated rings. The van der Waals surface area contributed by atoms with Crippen LogP contribution in [-0.4, -0.2) is 25.3 Å². The van der Waals surface area contributed by atoms with Crippen LogP contribution in [0.2, 0.25) is 0 Å². The van der Waals surface area contributed by atoms with Crippen LogP contribution in [0.4, 0.5) is 0 Å². The summed E-state index contributed by atoms with van der Waals surface area (Å²) in [7, 11) is 1.52. The first-order valence-corrected chi connectivity index (χ1v) is 10.6. The van der Waals surface area contributed by atoms with Gasteiger partial charge in [0, 0.05) is 4.47 Å². The lowest BCUT2D eigenvalue weighted by atomic mass is 10.2. The minimum Gasteiger partial charge on any atom is -0.496 e. The Morgan fingerprint density at radius 2 is 1.88 bits per heavy atom. The van der Waals surface area contributed by atoms with Crippen LogP contribution >= 0.6 is 61.1 Å². The van der Waals surface area contributed by atoms with Crippen molar-refractivity contribution in [2.24, 2.45) is 5.10 Å². The monoisotopic (exact) mass is 642 g/mol. The van der Waals surface area contributed by atoms with Gasteiger partial charge >= 0.3 is 0 Å². The zero-order chi connectivity index (χ0) is 19.3. The number of amides is 1. The standard InChI is InChI=1S/C18H17BrI2N2O3/c1-10(2)26-17-14(20)6-11(7-15(17)21)9-22-23-18(24)13-8-12(19)4-5-16(13)25-3/h4-10H,1-3H3,(H,23,24)/b22-9-. The zero-order valence-electron chi connectivity index (χ0n) is 14.3. The molecule has 1 N–H and O–H groups in total. The second kappa shape index (κ2) is 9.88. The number of carbonyl (C=O) groups is 1. The number of hydrogen-bond donors (Lipinski definition) is 1. The highest BCUT2D eigenvalue weighted by molar-refractivity contribution is 14.1. The van der Waals surface area contributed by atoms with Gasteiger partial charge in [-0.25, -0.2) is 5.43 Å². The highest BCUT2D eigenvalue weighted by Crippen LogP contribution is 2.29. The van der Waals surface area contributed by atoms with Crippen molar-refractivity contribution in [2.45, 2.75) is 20.0 Å². The number of nitrogens with one attached hydrogen (secondary N) is 1. The molecular formula is C18H17BrI2N2O3. The SMILES string of the molecule is COc1ccc(Br)cc1C(=O)N/N=C\c1cc(I)c(OC(C)C)c(I)c1. The maximum absolute atomic E-state index is 12.3. The van der Waals surface area contributed by atoms with Crippen LogP contribution in [0.5, 0.6) is 11.5 Å². The summed E-state index contributed by atoms with van der Waals surface area (Å²) in [5.74, 6) is 1.00. The maximum Gasteiger partial charge on any atom is 0.275 e. The molecule has 0 spiro atoms. The molecule has 0 radical (unpaired) electrons. The Labute approximate surface area is 188 Å². The van der Waals surface area contributed by atoms with Crippen molar-refractivity contribution in [1.29, 1.82) is 0 Å².